The zero-order chi connectivity index (χ0) is 12.2. The van der Waals surface area contributed by atoms with Gasteiger partial charge in [-0.1, -0.05) is 0 Å². The van der Waals surface area contributed by atoms with E-state index in [2.05, 4.69) is 4.90 Å². The number of ether oxygens (including phenoxy) is 1. The molecule has 0 aliphatic carbocycles. The highest BCUT2D eigenvalue weighted by molar-refractivity contribution is 8.13. The third-order valence-electron chi connectivity index (χ3n) is 2.93. The third-order valence-corrected chi connectivity index (χ3v) is 4.04. The van der Waals surface area contributed by atoms with Crippen molar-refractivity contribution in [2.24, 2.45) is 5.92 Å². The van der Waals surface area contributed by atoms with Crippen molar-refractivity contribution in [3.8, 4) is 0 Å². The van der Waals surface area contributed by atoms with Crippen molar-refractivity contribution >= 4 is 19.7 Å². The topological polar surface area (TPSA) is 46.6 Å². The van der Waals surface area contributed by atoms with Gasteiger partial charge in [-0.15, -0.1) is 0 Å². The molecule has 0 amide bonds. The van der Waals surface area contributed by atoms with E-state index in [1.807, 2.05) is 14.0 Å². The smallest absolute Gasteiger partial charge is 0.235 e. The summed E-state index contributed by atoms with van der Waals surface area (Å²) >= 11 is 0. The van der Waals surface area contributed by atoms with Crippen LogP contribution in [0.5, 0.6) is 0 Å². The highest BCUT2D eigenvalue weighted by atomic mass is 35.7. The lowest BCUT2D eigenvalue weighted by molar-refractivity contribution is 0.00998. The van der Waals surface area contributed by atoms with Crippen molar-refractivity contribution in [2.75, 3.05) is 32.5 Å². The Labute approximate surface area is 102 Å². The number of likely N-dealkylation sites (tertiary alicyclic amines) is 1. The zero-order valence-electron chi connectivity index (χ0n) is 9.86. The Balaban J connectivity index is 2.61. The quantitative estimate of drug-likeness (QED) is 0.706. The Hall–Kier alpha value is 0.160. The molecule has 0 N–H and O–H groups in total. The zero-order valence-corrected chi connectivity index (χ0v) is 11.4. The van der Waals surface area contributed by atoms with E-state index in [1.165, 1.54) is 0 Å². The number of hydrogen-bond acceptors (Lipinski definition) is 4. The van der Waals surface area contributed by atoms with Crippen LogP contribution in [0.2, 0.25) is 0 Å². The summed E-state index contributed by atoms with van der Waals surface area (Å²) in [5.41, 5.74) is 0. The number of piperidine rings is 1. The minimum atomic E-state index is -3.48. The normalized spacial score (nSPS) is 25.6. The highest BCUT2D eigenvalue weighted by Crippen LogP contribution is 2.22. The molecule has 1 fully saturated rings. The molecule has 6 heteroatoms. The molecule has 0 bridgehead atoms. The SMILES string of the molecule is CCOC(CS(=O)(=O)Cl)C1CCCN(C)C1. The fourth-order valence-electron chi connectivity index (χ4n) is 2.24. The van der Waals surface area contributed by atoms with E-state index in [9.17, 15) is 8.42 Å². The molecular weight excluding hydrogens is 250 g/mol. The standard InChI is InChI=1S/C10H20ClNO3S/c1-3-15-10(8-16(11,13)14)9-5-4-6-12(2)7-9/h9-10H,3-8H2,1-2H3. The summed E-state index contributed by atoms with van der Waals surface area (Å²) in [6.07, 6.45) is 1.84. The molecule has 0 spiro atoms. The van der Waals surface area contributed by atoms with E-state index in [0.29, 0.717) is 6.61 Å². The second-order valence-electron chi connectivity index (χ2n) is 4.36. The van der Waals surface area contributed by atoms with E-state index in [4.69, 9.17) is 15.4 Å². The van der Waals surface area contributed by atoms with Crippen molar-refractivity contribution in [3.05, 3.63) is 0 Å². The molecular formula is C10H20ClNO3S. The van der Waals surface area contributed by atoms with Crippen molar-refractivity contribution in [1.29, 1.82) is 0 Å². The second kappa shape index (κ2) is 6.19. The first-order chi connectivity index (χ1) is 7.42. The Bertz CT molecular complexity index is 307. The third kappa shape index (κ3) is 4.99. The molecule has 0 radical (unpaired) electrons. The van der Waals surface area contributed by atoms with Gasteiger partial charge in [0, 0.05) is 23.8 Å². The molecule has 0 aromatic rings. The van der Waals surface area contributed by atoms with Crippen molar-refractivity contribution in [3.63, 3.8) is 0 Å². The average Bonchev–Trinajstić information content (AvgIpc) is 2.15. The monoisotopic (exact) mass is 269 g/mol. The van der Waals surface area contributed by atoms with Crippen LogP contribution >= 0.6 is 10.7 Å². The fraction of sp³-hybridized carbons (Fsp3) is 1.00. The van der Waals surface area contributed by atoms with Gasteiger partial charge in [0.1, 0.15) is 0 Å². The van der Waals surface area contributed by atoms with E-state index in [-0.39, 0.29) is 17.8 Å². The van der Waals surface area contributed by atoms with Gasteiger partial charge in [-0.2, -0.15) is 0 Å². The molecule has 2 atom stereocenters. The summed E-state index contributed by atoms with van der Waals surface area (Å²) in [7, 11) is 3.86. The largest absolute Gasteiger partial charge is 0.377 e. The number of rotatable bonds is 5. The molecule has 1 rings (SSSR count). The second-order valence-corrected chi connectivity index (χ2v) is 7.19. The summed E-state index contributed by atoms with van der Waals surface area (Å²) < 4.78 is 27.7. The first-order valence-corrected chi connectivity index (χ1v) is 8.12. The Morgan fingerprint density at radius 1 is 1.56 bits per heavy atom. The van der Waals surface area contributed by atoms with Gasteiger partial charge in [-0.25, -0.2) is 8.42 Å². The van der Waals surface area contributed by atoms with Gasteiger partial charge in [0.15, 0.2) is 0 Å². The average molecular weight is 270 g/mol. The van der Waals surface area contributed by atoms with Crippen LogP contribution in [0, 0.1) is 5.92 Å². The van der Waals surface area contributed by atoms with Crippen LogP contribution < -0.4 is 0 Å². The summed E-state index contributed by atoms with van der Waals surface area (Å²) in [6.45, 7) is 4.36. The molecule has 16 heavy (non-hydrogen) atoms. The molecule has 2 unspecified atom stereocenters. The number of nitrogens with zero attached hydrogens (tertiary/aromatic N) is 1. The molecule has 4 nitrogen and oxygen atoms in total. The summed E-state index contributed by atoms with van der Waals surface area (Å²) in [5.74, 6) is 0.188. The summed E-state index contributed by atoms with van der Waals surface area (Å²) in [6, 6.07) is 0. The maximum atomic E-state index is 11.1. The molecule has 1 aliphatic heterocycles. The Morgan fingerprint density at radius 2 is 2.25 bits per heavy atom. The van der Waals surface area contributed by atoms with Gasteiger partial charge in [-0.05, 0) is 39.3 Å². The van der Waals surface area contributed by atoms with Crippen LogP contribution in [0.1, 0.15) is 19.8 Å². The van der Waals surface area contributed by atoms with E-state index >= 15 is 0 Å². The van der Waals surface area contributed by atoms with Crippen molar-refractivity contribution in [2.45, 2.75) is 25.9 Å². The number of halogens is 1. The molecule has 96 valence electrons. The van der Waals surface area contributed by atoms with Crippen LogP contribution in [0.4, 0.5) is 0 Å². The Kier molecular flexibility index (Phi) is 5.50. The van der Waals surface area contributed by atoms with Crippen LogP contribution in [0.25, 0.3) is 0 Å². The predicted octanol–water partition coefficient (Wildman–Crippen LogP) is 1.30. The van der Waals surface area contributed by atoms with Crippen LogP contribution in [-0.4, -0.2) is 51.9 Å². The van der Waals surface area contributed by atoms with Gasteiger partial charge < -0.3 is 9.64 Å². The van der Waals surface area contributed by atoms with Crippen LogP contribution in [0.3, 0.4) is 0 Å². The van der Waals surface area contributed by atoms with Gasteiger partial charge >= 0.3 is 0 Å². The lowest BCUT2D eigenvalue weighted by atomic mass is 9.93. The van der Waals surface area contributed by atoms with Gasteiger partial charge in [0.2, 0.25) is 9.05 Å². The first-order valence-electron chi connectivity index (χ1n) is 5.65. The van der Waals surface area contributed by atoms with Gasteiger partial charge in [0.25, 0.3) is 0 Å². The molecule has 0 aromatic carbocycles. The van der Waals surface area contributed by atoms with Crippen molar-refractivity contribution in [1.82, 2.24) is 4.90 Å². The van der Waals surface area contributed by atoms with Crippen LogP contribution in [0.15, 0.2) is 0 Å². The van der Waals surface area contributed by atoms with Gasteiger partial charge in [-0.3, -0.25) is 0 Å². The predicted molar refractivity (Wildman–Crippen MR) is 65.3 cm³/mol. The van der Waals surface area contributed by atoms with Gasteiger partial charge in [0.05, 0.1) is 11.9 Å². The maximum Gasteiger partial charge on any atom is 0.235 e. The van der Waals surface area contributed by atoms with Crippen LogP contribution in [-0.2, 0) is 13.8 Å². The molecule has 1 saturated heterocycles. The number of hydrogen-bond donors (Lipinski definition) is 0. The minimum Gasteiger partial charge on any atom is -0.377 e. The lowest BCUT2D eigenvalue weighted by Crippen LogP contribution is -2.41. The molecule has 0 saturated carbocycles. The first kappa shape index (κ1) is 14.2. The van der Waals surface area contributed by atoms with E-state index in [0.717, 1.165) is 25.9 Å². The van der Waals surface area contributed by atoms with E-state index < -0.39 is 9.05 Å². The fourth-order valence-corrected chi connectivity index (χ4v) is 3.37. The lowest BCUT2D eigenvalue weighted by Gasteiger charge is -2.34. The van der Waals surface area contributed by atoms with Crippen molar-refractivity contribution < 1.29 is 13.2 Å². The van der Waals surface area contributed by atoms with E-state index in [1.54, 1.807) is 0 Å². The highest BCUT2D eigenvalue weighted by Gasteiger charge is 2.29. The maximum absolute atomic E-state index is 11.1. The molecule has 0 aromatic heterocycles. The molecule has 1 aliphatic rings. The summed E-state index contributed by atoms with van der Waals surface area (Å²) in [4.78, 5) is 2.21. The minimum absolute atomic E-state index is 0.0824. The Morgan fingerprint density at radius 3 is 2.75 bits per heavy atom. The summed E-state index contributed by atoms with van der Waals surface area (Å²) in [5, 5.41) is 0. The molecule has 1 heterocycles.